The van der Waals surface area contributed by atoms with E-state index in [1.54, 1.807) is 24.3 Å². The van der Waals surface area contributed by atoms with Crippen LogP contribution in [0.3, 0.4) is 0 Å². The number of sulfonamides is 1. The third-order valence-electron chi connectivity index (χ3n) is 4.33. The highest BCUT2D eigenvalue weighted by molar-refractivity contribution is 7.92. The van der Waals surface area contributed by atoms with Gasteiger partial charge in [0.2, 0.25) is 10.0 Å². The summed E-state index contributed by atoms with van der Waals surface area (Å²) in [6, 6.07) is 13.6. The first-order valence-corrected chi connectivity index (χ1v) is 11.0. The number of halogens is 1. The van der Waals surface area contributed by atoms with Gasteiger partial charge in [0.15, 0.2) is 9.84 Å². The van der Waals surface area contributed by atoms with E-state index < -0.39 is 30.9 Å². The number of hydrogen-bond donors (Lipinski definition) is 0. The first-order valence-electron chi connectivity index (χ1n) is 7.83. The van der Waals surface area contributed by atoms with Crippen LogP contribution < -0.4 is 0 Å². The van der Waals surface area contributed by atoms with E-state index in [9.17, 15) is 21.2 Å². The topological polar surface area (TPSA) is 71.5 Å². The zero-order valence-electron chi connectivity index (χ0n) is 13.4. The lowest BCUT2D eigenvalue weighted by Gasteiger charge is -2.19. The van der Waals surface area contributed by atoms with E-state index in [2.05, 4.69) is 0 Å². The molecule has 1 fully saturated rings. The molecule has 0 radical (unpaired) electrons. The largest absolute Gasteiger partial charge is 0.243 e. The normalized spacial score (nSPS) is 21.6. The summed E-state index contributed by atoms with van der Waals surface area (Å²) >= 11 is 0. The van der Waals surface area contributed by atoms with Gasteiger partial charge in [0.25, 0.3) is 0 Å². The smallest absolute Gasteiger partial charge is 0.228 e. The van der Waals surface area contributed by atoms with Gasteiger partial charge < -0.3 is 0 Å². The molecule has 0 bridgehead atoms. The van der Waals surface area contributed by atoms with Crippen molar-refractivity contribution >= 4 is 19.9 Å². The fourth-order valence-corrected chi connectivity index (χ4v) is 6.39. The number of nitrogens with zero attached hydrogens (tertiary/aromatic N) is 1. The molecular formula is C17H18FNO4S2. The summed E-state index contributed by atoms with van der Waals surface area (Å²) in [4.78, 5) is 0.122. The molecule has 25 heavy (non-hydrogen) atoms. The highest BCUT2D eigenvalue weighted by Crippen LogP contribution is 2.32. The summed E-state index contributed by atoms with van der Waals surface area (Å²) in [6.07, 6.45) is 0.0231. The average Bonchev–Trinajstić information content (AvgIpc) is 2.75. The Hall–Kier alpha value is -1.77. The lowest BCUT2D eigenvalue weighted by molar-refractivity contribution is 0.427. The van der Waals surface area contributed by atoms with E-state index in [0.717, 1.165) is 0 Å². The van der Waals surface area contributed by atoms with Crippen molar-refractivity contribution in [1.82, 2.24) is 4.31 Å². The van der Waals surface area contributed by atoms with Gasteiger partial charge in [0.1, 0.15) is 5.82 Å². The summed E-state index contributed by atoms with van der Waals surface area (Å²) in [5.74, 6) is -0.923. The molecule has 0 aliphatic carbocycles. The van der Waals surface area contributed by atoms with Crippen molar-refractivity contribution < 1.29 is 21.2 Å². The first-order chi connectivity index (χ1) is 11.8. The highest BCUT2D eigenvalue weighted by Gasteiger charge is 2.36. The Morgan fingerprint density at radius 1 is 0.960 bits per heavy atom. The fourth-order valence-electron chi connectivity index (χ4n) is 2.99. The van der Waals surface area contributed by atoms with Crippen molar-refractivity contribution in [2.24, 2.45) is 0 Å². The third-order valence-corrected chi connectivity index (χ3v) is 8.35. The fraction of sp³-hybridized carbons (Fsp3) is 0.294. The van der Waals surface area contributed by atoms with Crippen LogP contribution in [0, 0.1) is 5.82 Å². The zero-order chi connectivity index (χ0) is 18.1. The lowest BCUT2D eigenvalue weighted by atomic mass is 10.1. The van der Waals surface area contributed by atoms with Gasteiger partial charge in [0.05, 0.1) is 15.9 Å². The van der Waals surface area contributed by atoms with E-state index in [-0.39, 0.29) is 35.7 Å². The Kier molecular flexibility index (Phi) is 4.95. The van der Waals surface area contributed by atoms with Crippen molar-refractivity contribution in [2.75, 3.05) is 18.8 Å². The van der Waals surface area contributed by atoms with Gasteiger partial charge in [0, 0.05) is 18.7 Å². The molecule has 0 saturated carbocycles. The SMILES string of the molecule is O=S1(=O)CCN(S(=O)(=O)c2ccccc2)CCC1c1ccccc1F. The van der Waals surface area contributed by atoms with Gasteiger partial charge in [-0.25, -0.2) is 21.2 Å². The van der Waals surface area contributed by atoms with E-state index in [4.69, 9.17) is 0 Å². The minimum Gasteiger partial charge on any atom is -0.228 e. The number of hydrogen-bond acceptors (Lipinski definition) is 4. The van der Waals surface area contributed by atoms with Crippen molar-refractivity contribution in [2.45, 2.75) is 16.6 Å². The van der Waals surface area contributed by atoms with Crippen molar-refractivity contribution in [3.8, 4) is 0 Å². The molecule has 0 amide bonds. The Balaban J connectivity index is 1.92. The standard InChI is InChI=1S/C17H18FNO4S2/c18-16-9-5-4-8-15(16)17-10-11-19(12-13-24(17,20)21)25(22,23)14-6-2-1-3-7-14/h1-9,17H,10-13H2. The number of sulfone groups is 1. The molecule has 1 aliphatic heterocycles. The Bertz CT molecular complexity index is 959. The Labute approximate surface area is 147 Å². The van der Waals surface area contributed by atoms with Gasteiger partial charge in [-0.2, -0.15) is 4.31 Å². The van der Waals surface area contributed by atoms with E-state index in [1.807, 2.05) is 0 Å². The van der Waals surface area contributed by atoms with E-state index in [0.29, 0.717) is 0 Å². The van der Waals surface area contributed by atoms with E-state index in [1.165, 1.54) is 34.6 Å². The third kappa shape index (κ3) is 3.61. The maximum absolute atomic E-state index is 14.0. The second-order valence-electron chi connectivity index (χ2n) is 5.88. The molecule has 3 rings (SSSR count). The molecule has 8 heteroatoms. The second-order valence-corrected chi connectivity index (χ2v) is 10.1. The van der Waals surface area contributed by atoms with Crippen LogP contribution in [-0.2, 0) is 19.9 Å². The maximum Gasteiger partial charge on any atom is 0.243 e. The van der Waals surface area contributed by atoms with E-state index >= 15 is 0 Å². The molecular weight excluding hydrogens is 365 g/mol. The summed E-state index contributed by atoms with van der Waals surface area (Å²) in [5, 5.41) is -1.04. The Morgan fingerprint density at radius 3 is 2.28 bits per heavy atom. The van der Waals surface area contributed by atoms with Gasteiger partial charge >= 0.3 is 0 Å². The molecule has 134 valence electrons. The van der Waals surface area contributed by atoms with Crippen LogP contribution in [0.15, 0.2) is 59.5 Å². The van der Waals surface area contributed by atoms with Crippen LogP contribution in [0.2, 0.25) is 0 Å². The van der Waals surface area contributed by atoms with Crippen LogP contribution in [0.25, 0.3) is 0 Å². The molecule has 1 saturated heterocycles. The predicted octanol–water partition coefficient (Wildman–Crippen LogP) is 2.38. The monoisotopic (exact) mass is 383 g/mol. The van der Waals surface area contributed by atoms with Crippen LogP contribution in [0.1, 0.15) is 17.2 Å². The van der Waals surface area contributed by atoms with Gasteiger partial charge in [-0.15, -0.1) is 0 Å². The van der Waals surface area contributed by atoms with Crippen molar-refractivity contribution in [1.29, 1.82) is 0 Å². The first kappa shape index (κ1) is 18.0. The minimum absolute atomic E-state index is 0.0231. The zero-order valence-corrected chi connectivity index (χ0v) is 15.0. The number of benzene rings is 2. The summed E-state index contributed by atoms with van der Waals surface area (Å²) < 4.78 is 65.8. The highest BCUT2D eigenvalue weighted by atomic mass is 32.2. The second kappa shape index (κ2) is 6.86. The van der Waals surface area contributed by atoms with Gasteiger partial charge in [-0.05, 0) is 24.6 Å². The molecule has 1 heterocycles. The minimum atomic E-state index is -3.78. The Morgan fingerprint density at radius 2 is 1.60 bits per heavy atom. The molecule has 2 aromatic carbocycles. The van der Waals surface area contributed by atoms with Crippen molar-refractivity contribution in [3.05, 3.63) is 66.0 Å². The quantitative estimate of drug-likeness (QED) is 0.816. The molecule has 1 atom stereocenters. The van der Waals surface area contributed by atoms with Crippen LogP contribution in [-0.4, -0.2) is 40.0 Å². The molecule has 2 aromatic rings. The number of rotatable bonds is 3. The molecule has 5 nitrogen and oxygen atoms in total. The van der Waals surface area contributed by atoms with Crippen molar-refractivity contribution in [3.63, 3.8) is 0 Å². The summed E-state index contributed by atoms with van der Waals surface area (Å²) in [7, 11) is -7.43. The van der Waals surface area contributed by atoms with Gasteiger partial charge in [-0.3, -0.25) is 0 Å². The van der Waals surface area contributed by atoms with Crippen LogP contribution in [0.5, 0.6) is 0 Å². The average molecular weight is 383 g/mol. The molecule has 1 unspecified atom stereocenters. The lowest BCUT2D eigenvalue weighted by Crippen LogP contribution is -2.33. The summed E-state index contributed by atoms with van der Waals surface area (Å²) in [5.41, 5.74) is 0.0986. The molecule has 0 N–H and O–H groups in total. The molecule has 1 aliphatic rings. The molecule has 0 aromatic heterocycles. The maximum atomic E-state index is 14.0. The van der Waals surface area contributed by atoms with Crippen LogP contribution in [0.4, 0.5) is 4.39 Å². The predicted molar refractivity (Wildman–Crippen MR) is 92.7 cm³/mol. The summed E-state index contributed by atoms with van der Waals surface area (Å²) in [6.45, 7) is -0.111. The van der Waals surface area contributed by atoms with Gasteiger partial charge in [-0.1, -0.05) is 36.4 Å². The van der Waals surface area contributed by atoms with Crippen LogP contribution >= 0.6 is 0 Å². The molecule has 0 spiro atoms.